The van der Waals surface area contributed by atoms with Crippen LogP contribution in [-0.4, -0.2) is 43.2 Å². The van der Waals surface area contributed by atoms with Crippen LogP contribution in [0.4, 0.5) is 0 Å². The third kappa shape index (κ3) is 8.26. The first-order valence-corrected chi connectivity index (χ1v) is 7.48. The third-order valence-corrected chi connectivity index (χ3v) is 3.34. The van der Waals surface area contributed by atoms with Crippen LogP contribution in [0.25, 0.3) is 0 Å². The minimum atomic E-state index is 0. The maximum absolute atomic E-state index is 9.24. The van der Waals surface area contributed by atoms with E-state index in [1.165, 1.54) is 5.56 Å². The van der Waals surface area contributed by atoms with Gasteiger partial charge in [0.05, 0.1) is 0 Å². The highest BCUT2D eigenvalue weighted by molar-refractivity contribution is 14.0. The Balaban J connectivity index is 0.00000441. The lowest BCUT2D eigenvalue weighted by molar-refractivity contribution is 0.469. The Morgan fingerprint density at radius 3 is 2.59 bits per heavy atom. The molecule has 1 aromatic rings. The van der Waals surface area contributed by atoms with E-state index in [0.717, 1.165) is 44.7 Å². The largest absolute Gasteiger partial charge is 0.508 e. The van der Waals surface area contributed by atoms with Crippen molar-refractivity contribution in [2.45, 2.75) is 25.7 Å². The summed E-state index contributed by atoms with van der Waals surface area (Å²) in [6.45, 7) is 5.60. The third-order valence-electron chi connectivity index (χ3n) is 3.34. The van der Waals surface area contributed by atoms with Crippen molar-refractivity contribution in [3.8, 4) is 5.75 Å². The summed E-state index contributed by atoms with van der Waals surface area (Å²) in [4.78, 5) is 6.44. The van der Waals surface area contributed by atoms with Crippen LogP contribution < -0.4 is 5.32 Å². The van der Waals surface area contributed by atoms with Gasteiger partial charge in [0.15, 0.2) is 5.96 Å². The summed E-state index contributed by atoms with van der Waals surface area (Å²) in [7, 11) is 3.87. The number of hydrogen-bond donors (Lipinski definition) is 2. The van der Waals surface area contributed by atoms with Crippen LogP contribution in [0.15, 0.2) is 41.9 Å². The second-order valence-electron chi connectivity index (χ2n) is 5.10. The molecule has 0 heterocycles. The van der Waals surface area contributed by atoms with Crippen LogP contribution in [0.3, 0.4) is 0 Å². The normalized spacial score (nSPS) is 10.7. The highest BCUT2D eigenvalue weighted by atomic mass is 127. The lowest BCUT2D eigenvalue weighted by Crippen LogP contribution is -2.39. The summed E-state index contributed by atoms with van der Waals surface area (Å²) in [5.74, 6) is 1.25. The lowest BCUT2D eigenvalue weighted by atomic mass is 10.1. The van der Waals surface area contributed by atoms with E-state index in [1.54, 1.807) is 12.1 Å². The molecular formula is C17H28IN3O. The molecule has 0 radical (unpaired) electrons. The van der Waals surface area contributed by atoms with E-state index in [1.807, 2.05) is 25.3 Å². The van der Waals surface area contributed by atoms with Crippen molar-refractivity contribution in [3.05, 3.63) is 42.5 Å². The summed E-state index contributed by atoms with van der Waals surface area (Å²) in [5, 5.41) is 12.6. The fourth-order valence-electron chi connectivity index (χ4n) is 2.12. The molecule has 0 aliphatic carbocycles. The number of aliphatic imine (C=N–C) groups is 1. The van der Waals surface area contributed by atoms with Crippen LogP contribution in [-0.2, 0) is 6.42 Å². The van der Waals surface area contributed by atoms with Crippen molar-refractivity contribution in [1.82, 2.24) is 10.2 Å². The van der Waals surface area contributed by atoms with E-state index < -0.39 is 0 Å². The minimum Gasteiger partial charge on any atom is -0.508 e. The second-order valence-corrected chi connectivity index (χ2v) is 5.10. The Kier molecular flexibility index (Phi) is 11.6. The summed E-state index contributed by atoms with van der Waals surface area (Å²) < 4.78 is 0. The molecule has 0 spiro atoms. The predicted molar refractivity (Wildman–Crippen MR) is 105 cm³/mol. The van der Waals surface area contributed by atoms with Crippen LogP contribution in [0.1, 0.15) is 24.8 Å². The monoisotopic (exact) mass is 417 g/mol. The van der Waals surface area contributed by atoms with Crippen molar-refractivity contribution in [2.24, 2.45) is 4.99 Å². The van der Waals surface area contributed by atoms with Crippen molar-refractivity contribution in [3.63, 3.8) is 0 Å². The number of aryl methyl sites for hydroxylation is 1. The average molecular weight is 417 g/mol. The molecule has 0 saturated carbocycles. The molecule has 0 aliphatic rings. The number of nitrogens with one attached hydrogen (secondary N) is 1. The minimum absolute atomic E-state index is 0. The zero-order chi connectivity index (χ0) is 15.5. The molecule has 1 aromatic carbocycles. The SMILES string of the molecule is C=CCCCN(C)C(=NC)NCCCc1ccc(O)cc1.I. The van der Waals surface area contributed by atoms with E-state index in [2.05, 4.69) is 28.8 Å². The van der Waals surface area contributed by atoms with Crippen molar-refractivity contribution >= 4 is 29.9 Å². The predicted octanol–water partition coefficient (Wildman–Crippen LogP) is 3.42. The molecule has 4 nitrogen and oxygen atoms in total. The molecule has 1 rings (SSSR count). The van der Waals surface area contributed by atoms with Gasteiger partial charge in [-0.15, -0.1) is 30.6 Å². The summed E-state index contributed by atoms with van der Waals surface area (Å²) in [6, 6.07) is 7.39. The molecule has 0 bridgehead atoms. The molecule has 124 valence electrons. The van der Waals surface area contributed by atoms with Gasteiger partial charge in [-0.3, -0.25) is 4.99 Å². The first kappa shape index (κ1) is 20.8. The molecule has 5 heteroatoms. The molecule has 2 N–H and O–H groups in total. The summed E-state index contributed by atoms with van der Waals surface area (Å²) >= 11 is 0. The number of rotatable bonds is 8. The van der Waals surface area contributed by atoms with E-state index in [4.69, 9.17) is 0 Å². The quantitative estimate of drug-likeness (QED) is 0.224. The number of halogens is 1. The van der Waals surface area contributed by atoms with E-state index in [9.17, 15) is 5.11 Å². The fraction of sp³-hybridized carbons (Fsp3) is 0.471. The Morgan fingerprint density at radius 1 is 1.32 bits per heavy atom. The second kappa shape index (κ2) is 12.3. The zero-order valence-corrected chi connectivity index (χ0v) is 15.9. The molecule has 0 unspecified atom stereocenters. The van der Waals surface area contributed by atoms with Gasteiger partial charge in [0.1, 0.15) is 5.75 Å². The van der Waals surface area contributed by atoms with Crippen molar-refractivity contribution in [2.75, 3.05) is 27.2 Å². The van der Waals surface area contributed by atoms with E-state index in [-0.39, 0.29) is 24.0 Å². The van der Waals surface area contributed by atoms with Gasteiger partial charge < -0.3 is 15.3 Å². The molecule has 0 atom stereocenters. The number of phenolic OH excluding ortho intramolecular Hbond substituents is 1. The first-order chi connectivity index (χ1) is 10.2. The zero-order valence-electron chi connectivity index (χ0n) is 13.6. The maximum atomic E-state index is 9.24. The first-order valence-electron chi connectivity index (χ1n) is 7.48. The van der Waals surface area contributed by atoms with E-state index >= 15 is 0 Å². The number of aromatic hydroxyl groups is 1. The van der Waals surface area contributed by atoms with Crippen molar-refractivity contribution < 1.29 is 5.11 Å². The standard InChI is InChI=1S/C17H27N3O.HI/c1-4-5-6-14-20(3)17(18-2)19-13-7-8-15-9-11-16(21)12-10-15;/h4,9-12,21H,1,5-8,13-14H2,2-3H3,(H,18,19);1H. The molecule has 22 heavy (non-hydrogen) atoms. The number of nitrogens with zero attached hydrogens (tertiary/aromatic N) is 2. The smallest absolute Gasteiger partial charge is 0.193 e. The highest BCUT2D eigenvalue weighted by Gasteiger charge is 2.04. The Hall–Kier alpha value is -1.24. The van der Waals surface area contributed by atoms with Gasteiger partial charge in [-0.2, -0.15) is 0 Å². The number of phenols is 1. The van der Waals surface area contributed by atoms with Crippen molar-refractivity contribution in [1.29, 1.82) is 0 Å². The number of benzene rings is 1. The topological polar surface area (TPSA) is 47.9 Å². The molecule has 0 aromatic heterocycles. The van der Waals surface area contributed by atoms with Crippen LogP contribution >= 0.6 is 24.0 Å². The number of guanidine groups is 1. The van der Waals surface area contributed by atoms with Crippen LogP contribution in [0, 0.1) is 0 Å². The number of unbranched alkanes of at least 4 members (excludes halogenated alkanes) is 1. The summed E-state index contributed by atoms with van der Waals surface area (Å²) in [6.07, 6.45) is 6.09. The maximum Gasteiger partial charge on any atom is 0.193 e. The fourth-order valence-corrected chi connectivity index (χ4v) is 2.12. The van der Waals surface area contributed by atoms with E-state index in [0.29, 0.717) is 5.75 Å². The molecule has 0 amide bonds. The van der Waals surface area contributed by atoms with Crippen LogP contribution in [0.5, 0.6) is 5.75 Å². The van der Waals surface area contributed by atoms with Gasteiger partial charge in [0.25, 0.3) is 0 Å². The van der Waals surface area contributed by atoms with Gasteiger partial charge in [-0.1, -0.05) is 18.2 Å². The Labute approximate surface area is 151 Å². The molecule has 0 aliphatic heterocycles. The highest BCUT2D eigenvalue weighted by Crippen LogP contribution is 2.10. The van der Waals surface area contributed by atoms with Gasteiger partial charge in [0.2, 0.25) is 0 Å². The molecule has 0 fully saturated rings. The lowest BCUT2D eigenvalue weighted by Gasteiger charge is -2.21. The molecular weight excluding hydrogens is 389 g/mol. The van der Waals surface area contributed by atoms with Gasteiger partial charge in [-0.25, -0.2) is 0 Å². The summed E-state index contributed by atoms with van der Waals surface area (Å²) in [5.41, 5.74) is 1.24. The number of hydrogen-bond acceptors (Lipinski definition) is 2. The van der Waals surface area contributed by atoms with Gasteiger partial charge in [0, 0.05) is 27.2 Å². The van der Waals surface area contributed by atoms with Gasteiger partial charge in [-0.05, 0) is 43.4 Å². The average Bonchev–Trinajstić information content (AvgIpc) is 2.49. The number of allylic oxidation sites excluding steroid dienone is 1. The molecule has 0 saturated heterocycles. The Morgan fingerprint density at radius 2 is 2.00 bits per heavy atom. The van der Waals surface area contributed by atoms with Gasteiger partial charge >= 0.3 is 0 Å². The Bertz CT molecular complexity index is 446. The van der Waals surface area contributed by atoms with Crippen LogP contribution in [0.2, 0.25) is 0 Å².